The van der Waals surface area contributed by atoms with Crippen LogP contribution in [0.1, 0.15) is 40.7 Å². The molecule has 2 fully saturated rings. The second-order valence-corrected chi connectivity index (χ2v) is 8.12. The SMILES string of the molecule is Cc1ccc(-c2nnc(C3CN(C(=O)c4cnccn4)CC34CCOCC4)o2)cc1. The highest BCUT2D eigenvalue weighted by atomic mass is 16.5. The molecule has 30 heavy (non-hydrogen) atoms. The van der Waals surface area contributed by atoms with Crippen molar-refractivity contribution >= 4 is 5.91 Å². The predicted octanol–water partition coefficient (Wildman–Crippen LogP) is 2.87. The summed E-state index contributed by atoms with van der Waals surface area (Å²) < 4.78 is 11.7. The maximum Gasteiger partial charge on any atom is 0.274 e. The van der Waals surface area contributed by atoms with Crippen LogP contribution in [0.4, 0.5) is 0 Å². The summed E-state index contributed by atoms with van der Waals surface area (Å²) in [5.41, 5.74) is 2.29. The first-order valence-corrected chi connectivity index (χ1v) is 10.2. The summed E-state index contributed by atoms with van der Waals surface area (Å²) in [6.45, 7) is 4.52. The van der Waals surface area contributed by atoms with Crippen molar-refractivity contribution in [2.24, 2.45) is 5.41 Å². The third kappa shape index (κ3) is 3.37. The zero-order valence-electron chi connectivity index (χ0n) is 16.8. The van der Waals surface area contributed by atoms with Crippen molar-refractivity contribution in [1.29, 1.82) is 0 Å². The average Bonchev–Trinajstić information content (AvgIpc) is 3.40. The van der Waals surface area contributed by atoms with Crippen LogP contribution in [0, 0.1) is 12.3 Å². The molecule has 0 saturated carbocycles. The lowest BCUT2D eigenvalue weighted by Gasteiger charge is -2.36. The maximum absolute atomic E-state index is 13.0. The molecule has 0 N–H and O–H groups in total. The normalized spacial score (nSPS) is 20.6. The van der Waals surface area contributed by atoms with Crippen LogP contribution < -0.4 is 0 Å². The standard InChI is InChI=1S/C22H23N5O3/c1-15-2-4-16(5-3-15)19-25-26-20(30-19)17-13-27(14-22(17)6-10-29-11-7-22)21(28)18-12-23-8-9-24-18/h2-5,8-9,12,17H,6-7,10-11,13-14H2,1H3. The summed E-state index contributed by atoms with van der Waals surface area (Å²) in [5.74, 6) is 0.941. The van der Waals surface area contributed by atoms with Gasteiger partial charge in [0.05, 0.1) is 12.1 Å². The van der Waals surface area contributed by atoms with Crippen molar-refractivity contribution in [3.63, 3.8) is 0 Å². The van der Waals surface area contributed by atoms with Gasteiger partial charge in [-0.15, -0.1) is 10.2 Å². The zero-order chi connectivity index (χ0) is 20.6. The molecule has 5 rings (SSSR count). The van der Waals surface area contributed by atoms with Gasteiger partial charge in [-0.25, -0.2) is 4.98 Å². The Balaban J connectivity index is 1.45. The molecule has 2 saturated heterocycles. The number of amides is 1. The molecule has 1 amide bonds. The van der Waals surface area contributed by atoms with Gasteiger partial charge < -0.3 is 14.1 Å². The Morgan fingerprint density at radius 1 is 1.13 bits per heavy atom. The number of ether oxygens (including phenoxy) is 1. The van der Waals surface area contributed by atoms with E-state index in [0.717, 1.165) is 18.4 Å². The van der Waals surface area contributed by atoms with Crippen LogP contribution in [-0.2, 0) is 4.74 Å². The molecule has 1 unspecified atom stereocenters. The first kappa shape index (κ1) is 18.9. The Kier molecular flexibility index (Phi) is 4.78. The van der Waals surface area contributed by atoms with E-state index in [2.05, 4.69) is 20.2 Å². The van der Waals surface area contributed by atoms with Gasteiger partial charge >= 0.3 is 0 Å². The Bertz CT molecular complexity index is 1030. The number of hydrogen-bond donors (Lipinski definition) is 0. The average molecular weight is 405 g/mol. The Morgan fingerprint density at radius 3 is 2.67 bits per heavy atom. The molecule has 1 spiro atoms. The van der Waals surface area contributed by atoms with E-state index in [1.54, 1.807) is 6.20 Å². The van der Waals surface area contributed by atoms with E-state index in [-0.39, 0.29) is 17.2 Å². The highest BCUT2D eigenvalue weighted by Crippen LogP contribution is 2.49. The molecule has 154 valence electrons. The summed E-state index contributed by atoms with van der Waals surface area (Å²) in [4.78, 5) is 23.1. The largest absolute Gasteiger partial charge is 0.420 e. The van der Waals surface area contributed by atoms with Crippen LogP contribution in [0.3, 0.4) is 0 Å². The van der Waals surface area contributed by atoms with Gasteiger partial charge in [-0.05, 0) is 31.9 Å². The minimum Gasteiger partial charge on any atom is -0.420 e. The number of likely N-dealkylation sites (tertiary alicyclic amines) is 1. The third-order valence-corrected chi connectivity index (χ3v) is 6.24. The van der Waals surface area contributed by atoms with Crippen LogP contribution in [-0.4, -0.2) is 57.3 Å². The fraction of sp³-hybridized carbons (Fsp3) is 0.409. The van der Waals surface area contributed by atoms with Gasteiger partial charge in [-0.1, -0.05) is 17.7 Å². The first-order chi connectivity index (χ1) is 14.6. The van der Waals surface area contributed by atoms with Crippen LogP contribution in [0.5, 0.6) is 0 Å². The van der Waals surface area contributed by atoms with Gasteiger partial charge in [0.2, 0.25) is 11.8 Å². The summed E-state index contributed by atoms with van der Waals surface area (Å²) in [6, 6.07) is 8.01. The molecule has 1 atom stereocenters. The molecule has 0 aliphatic carbocycles. The molecule has 0 radical (unpaired) electrons. The fourth-order valence-electron chi connectivity index (χ4n) is 4.51. The van der Waals surface area contributed by atoms with E-state index >= 15 is 0 Å². The Labute approximate surface area is 174 Å². The number of rotatable bonds is 3. The van der Waals surface area contributed by atoms with Crippen LogP contribution in [0.25, 0.3) is 11.5 Å². The van der Waals surface area contributed by atoms with Crippen LogP contribution >= 0.6 is 0 Å². The molecule has 2 aliphatic heterocycles. The molecular weight excluding hydrogens is 382 g/mol. The van der Waals surface area contributed by atoms with Crippen molar-refractivity contribution < 1.29 is 13.9 Å². The number of benzene rings is 1. The second-order valence-electron chi connectivity index (χ2n) is 8.12. The molecular formula is C22H23N5O3. The zero-order valence-corrected chi connectivity index (χ0v) is 16.8. The molecule has 2 aromatic heterocycles. The molecule has 8 heteroatoms. The van der Waals surface area contributed by atoms with Gasteiger partial charge in [0.15, 0.2) is 0 Å². The first-order valence-electron chi connectivity index (χ1n) is 10.2. The number of aromatic nitrogens is 4. The molecule has 2 aliphatic rings. The number of nitrogens with zero attached hydrogens (tertiary/aromatic N) is 5. The van der Waals surface area contributed by atoms with Crippen LogP contribution in [0.15, 0.2) is 47.3 Å². The summed E-state index contributed by atoms with van der Waals surface area (Å²) >= 11 is 0. The number of hydrogen-bond acceptors (Lipinski definition) is 7. The summed E-state index contributed by atoms with van der Waals surface area (Å²) in [5, 5.41) is 8.68. The van der Waals surface area contributed by atoms with E-state index in [9.17, 15) is 4.79 Å². The predicted molar refractivity (Wildman–Crippen MR) is 108 cm³/mol. The summed E-state index contributed by atoms with van der Waals surface area (Å²) in [7, 11) is 0. The molecule has 8 nitrogen and oxygen atoms in total. The van der Waals surface area contributed by atoms with Gasteiger partial charge in [-0.2, -0.15) is 0 Å². The van der Waals surface area contributed by atoms with Crippen molar-refractivity contribution in [2.75, 3.05) is 26.3 Å². The number of carbonyl (C=O) groups is 1. The maximum atomic E-state index is 13.0. The second kappa shape index (κ2) is 7.60. The molecule has 0 bridgehead atoms. The quantitative estimate of drug-likeness (QED) is 0.661. The number of aryl methyl sites for hydroxylation is 1. The van der Waals surface area contributed by atoms with E-state index in [1.165, 1.54) is 18.0 Å². The van der Waals surface area contributed by atoms with Gasteiger partial charge in [0.25, 0.3) is 5.91 Å². The van der Waals surface area contributed by atoms with Crippen molar-refractivity contribution in [1.82, 2.24) is 25.1 Å². The van der Waals surface area contributed by atoms with Crippen LogP contribution in [0.2, 0.25) is 0 Å². The van der Waals surface area contributed by atoms with Gasteiger partial charge in [0, 0.05) is 49.7 Å². The molecule has 3 aromatic rings. The number of carbonyl (C=O) groups excluding carboxylic acids is 1. The van der Waals surface area contributed by atoms with E-state index in [4.69, 9.17) is 9.15 Å². The lowest BCUT2D eigenvalue weighted by molar-refractivity contribution is 0.00905. The fourth-order valence-corrected chi connectivity index (χ4v) is 4.51. The van der Waals surface area contributed by atoms with Crippen molar-refractivity contribution in [3.05, 3.63) is 60.0 Å². The van der Waals surface area contributed by atoms with Crippen molar-refractivity contribution in [3.8, 4) is 11.5 Å². The van der Waals surface area contributed by atoms with E-state index in [0.29, 0.717) is 43.8 Å². The lowest BCUT2D eigenvalue weighted by Crippen LogP contribution is -2.37. The van der Waals surface area contributed by atoms with E-state index < -0.39 is 0 Å². The topological polar surface area (TPSA) is 94.2 Å². The molecule has 1 aromatic carbocycles. The van der Waals surface area contributed by atoms with E-state index in [1.807, 2.05) is 36.1 Å². The Morgan fingerprint density at radius 2 is 1.93 bits per heavy atom. The van der Waals surface area contributed by atoms with Gasteiger partial charge in [0.1, 0.15) is 5.69 Å². The molecule has 4 heterocycles. The van der Waals surface area contributed by atoms with Crippen molar-refractivity contribution in [2.45, 2.75) is 25.7 Å². The minimum atomic E-state index is -0.132. The van der Waals surface area contributed by atoms with Gasteiger partial charge in [-0.3, -0.25) is 9.78 Å². The Hall–Kier alpha value is -3.13. The third-order valence-electron chi connectivity index (χ3n) is 6.24. The highest BCUT2D eigenvalue weighted by Gasteiger charge is 2.51. The summed E-state index contributed by atoms with van der Waals surface area (Å²) in [6.07, 6.45) is 6.31. The highest BCUT2D eigenvalue weighted by molar-refractivity contribution is 5.92. The smallest absolute Gasteiger partial charge is 0.274 e. The minimum absolute atomic E-state index is 0.0336. The monoisotopic (exact) mass is 405 g/mol. The lowest BCUT2D eigenvalue weighted by atomic mass is 9.72.